The predicted molar refractivity (Wildman–Crippen MR) is 75.1 cm³/mol. The third kappa shape index (κ3) is 5.33. The van der Waals surface area contributed by atoms with Gasteiger partial charge in [-0.15, -0.1) is 0 Å². The average Bonchev–Trinajstić information content (AvgIpc) is 2.37. The Morgan fingerprint density at radius 1 is 1.06 bits per heavy atom. The molecule has 0 bridgehead atoms. The van der Waals surface area contributed by atoms with Crippen LogP contribution in [0.5, 0.6) is 0 Å². The molecule has 17 heavy (non-hydrogen) atoms. The van der Waals surface area contributed by atoms with Crippen LogP contribution in [0.4, 0.5) is 0 Å². The first-order valence-electron chi connectivity index (χ1n) is 6.81. The summed E-state index contributed by atoms with van der Waals surface area (Å²) in [5.74, 6) is 0. The van der Waals surface area contributed by atoms with Crippen molar-refractivity contribution in [3.8, 4) is 0 Å². The number of hydrogen-bond donors (Lipinski definition) is 1. The Bertz CT molecular complexity index is 306. The van der Waals surface area contributed by atoms with Crippen molar-refractivity contribution in [3.05, 3.63) is 35.4 Å². The molecule has 0 aliphatic rings. The van der Waals surface area contributed by atoms with Crippen LogP contribution in [-0.2, 0) is 13.1 Å². The molecule has 2 heteroatoms. The van der Waals surface area contributed by atoms with Gasteiger partial charge in [0, 0.05) is 13.1 Å². The molecule has 0 saturated heterocycles. The van der Waals surface area contributed by atoms with Gasteiger partial charge in [-0.3, -0.25) is 4.90 Å². The summed E-state index contributed by atoms with van der Waals surface area (Å²) in [7, 11) is 0. The zero-order valence-electron chi connectivity index (χ0n) is 11.5. The largest absolute Gasteiger partial charge is 0.313 e. The van der Waals surface area contributed by atoms with E-state index in [0.29, 0.717) is 0 Å². The maximum Gasteiger partial charge on any atom is 0.0233 e. The number of rotatable bonds is 8. The molecule has 1 N–H and O–H groups in total. The Kier molecular flexibility index (Phi) is 6.90. The summed E-state index contributed by atoms with van der Waals surface area (Å²) in [6, 6.07) is 8.92. The fraction of sp³-hybridized carbons (Fsp3) is 0.600. The monoisotopic (exact) mass is 234 g/mol. The molecule has 0 aliphatic heterocycles. The molecule has 0 aliphatic carbocycles. The highest BCUT2D eigenvalue weighted by atomic mass is 15.1. The zero-order chi connectivity index (χ0) is 12.5. The van der Waals surface area contributed by atoms with E-state index in [1.54, 1.807) is 0 Å². The van der Waals surface area contributed by atoms with Crippen molar-refractivity contribution in [1.29, 1.82) is 0 Å². The van der Waals surface area contributed by atoms with Crippen LogP contribution in [0.2, 0.25) is 0 Å². The van der Waals surface area contributed by atoms with Gasteiger partial charge >= 0.3 is 0 Å². The first-order valence-corrected chi connectivity index (χ1v) is 6.81. The molecule has 0 aromatic heterocycles. The fourth-order valence-corrected chi connectivity index (χ4v) is 1.95. The molecule has 0 radical (unpaired) electrons. The Morgan fingerprint density at radius 2 is 1.76 bits per heavy atom. The van der Waals surface area contributed by atoms with Crippen molar-refractivity contribution in [1.82, 2.24) is 10.2 Å². The summed E-state index contributed by atoms with van der Waals surface area (Å²) in [6.45, 7) is 12.0. The Hall–Kier alpha value is -0.860. The third-order valence-electron chi connectivity index (χ3n) is 3.05. The van der Waals surface area contributed by atoms with Crippen molar-refractivity contribution in [2.45, 2.75) is 40.3 Å². The van der Waals surface area contributed by atoms with E-state index in [0.717, 1.165) is 32.7 Å². The van der Waals surface area contributed by atoms with Crippen LogP contribution in [0, 0.1) is 0 Å². The first-order chi connectivity index (χ1) is 8.30. The second kappa shape index (κ2) is 8.26. The Morgan fingerprint density at radius 3 is 2.41 bits per heavy atom. The fourth-order valence-electron chi connectivity index (χ4n) is 1.95. The smallest absolute Gasteiger partial charge is 0.0233 e. The molecule has 0 fully saturated rings. The van der Waals surface area contributed by atoms with Gasteiger partial charge < -0.3 is 5.32 Å². The van der Waals surface area contributed by atoms with Crippen LogP contribution in [0.15, 0.2) is 24.3 Å². The minimum atomic E-state index is 0.986. The summed E-state index contributed by atoms with van der Waals surface area (Å²) in [4.78, 5) is 2.44. The van der Waals surface area contributed by atoms with Gasteiger partial charge in [-0.25, -0.2) is 0 Å². The second-order valence-corrected chi connectivity index (χ2v) is 4.46. The van der Waals surface area contributed by atoms with Crippen LogP contribution in [0.1, 0.15) is 38.3 Å². The third-order valence-corrected chi connectivity index (χ3v) is 3.05. The molecule has 0 spiro atoms. The molecule has 0 heterocycles. The molecule has 0 saturated carbocycles. The molecule has 2 nitrogen and oxygen atoms in total. The Labute approximate surface area is 106 Å². The standard InChI is InChI=1S/C15H26N2/c1-4-10-16-12-14-8-7-9-15(11-14)13-17(5-2)6-3/h7-9,11,16H,4-6,10,12-13H2,1-3H3. The van der Waals surface area contributed by atoms with Gasteiger partial charge in [-0.05, 0) is 37.2 Å². The van der Waals surface area contributed by atoms with Gasteiger partial charge in [0.05, 0.1) is 0 Å². The van der Waals surface area contributed by atoms with E-state index in [9.17, 15) is 0 Å². The van der Waals surface area contributed by atoms with Crippen LogP contribution in [-0.4, -0.2) is 24.5 Å². The minimum absolute atomic E-state index is 0.986. The van der Waals surface area contributed by atoms with Crippen molar-refractivity contribution in [2.24, 2.45) is 0 Å². The van der Waals surface area contributed by atoms with E-state index < -0.39 is 0 Å². The highest BCUT2D eigenvalue weighted by Gasteiger charge is 2.01. The van der Waals surface area contributed by atoms with Crippen molar-refractivity contribution in [3.63, 3.8) is 0 Å². The average molecular weight is 234 g/mol. The summed E-state index contributed by atoms with van der Waals surface area (Å²) in [6.07, 6.45) is 1.19. The van der Waals surface area contributed by atoms with Crippen LogP contribution < -0.4 is 5.32 Å². The summed E-state index contributed by atoms with van der Waals surface area (Å²) in [5, 5.41) is 3.45. The predicted octanol–water partition coefficient (Wildman–Crippen LogP) is 3.03. The lowest BCUT2D eigenvalue weighted by Gasteiger charge is -2.18. The number of nitrogens with one attached hydrogen (secondary N) is 1. The van der Waals surface area contributed by atoms with Crippen molar-refractivity contribution >= 4 is 0 Å². The van der Waals surface area contributed by atoms with Gasteiger partial charge in [0.15, 0.2) is 0 Å². The number of nitrogens with zero attached hydrogens (tertiary/aromatic N) is 1. The molecule has 1 aromatic carbocycles. The quantitative estimate of drug-likeness (QED) is 0.696. The first kappa shape index (κ1) is 14.2. The van der Waals surface area contributed by atoms with Gasteiger partial charge in [0.25, 0.3) is 0 Å². The SMILES string of the molecule is CCCNCc1cccc(CN(CC)CC)c1. The topological polar surface area (TPSA) is 15.3 Å². The highest BCUT2D eigenvalue weighted by molar-refractivity contribution is 5.23. The van der Waals surface area contributed by atoms with E-state index in [4.69, 9.17) is 0 Å². The van der Waals surface area contributed by atoms with Crippen LogP contribution >= 0.6 is 0 Å². The molecule has 0 atom stereocenters. The van der Waals surface area contributed by atoms with Crippen molar-refractivity contribution in [2.75, 3.05) is 19.6 Å². The number of hydrogen-bond acceptors (Lipinski definition) is 2. The molecule has 0 amide bonds. The van der Waals surface area contributed by atoms with Crippen LogP contribution in [0.25, 0.3) is 0 Å². The van der Waals surface area contributed by atoms with Gasteiger partial charge in [0.1, 0.15) is 0 Å². The molecule has 96 valence electrons. The molecule has 1 rings (SSSR count). The minimum Gasteiger partial charge on any atom is -0.313 e. The summed E-state index contributed by atoms with van der Waals surface area (Å²) >= 11 is 0. The zero-order valence-corrected chi connectivity index (χ0v) is 11.5. The van der Waals surface area contributed by atoms with Gasteiger partial charge in [-0.2, -0.15) is 0 Å². The van der Waals surface area contributed by atoms with E-state index in [2.05, 4.69) is 55.3 Å². The highest BCUT2D eigenvalue weighted by Crippen LogP contribution is 2.08. The maximum atomic E-state index is 3.45. The lowest BCUT2D eigenvalue weighted by molar-refractivity contribution is 0.296. The second-order valence-electron chi connectivity index (χ2n) is 4.46. The lowest BCUT2D eigenvalue weighted by Crippen LogP contribution is -2.22. The summed E-state index contributed by atoms with van der Waals surface area (Å²) < 4.78 is 0. The Balaban J connectivity index is 2.52. The summed E-state index contributed by atoms with van der Waals surface area (Å²) in [5.41, 5.74) is 2.81. The van der Waals surface area contributed by atoms with Gasteiger partial charge in [0.2, 0.25) is 0 Å². The molecular weight excluding hydrogens is 208 g/mol. The van der Waals surface area contributed by atoms with E-state index in [1.165, 1.54) is 17.5 Å². The molecule has 0 unspecified atom stereocenters. The molecular formula is C15H26N2. The maximum absolute atomic E-state index is 3.45. The lowest BCUT2D eigenvalue weighted by atomic mass is 10.1. The molecule has 1 aromatic rings. The van der Waals surface area contributed by atoms with Gasteiger partial charge in [-0.1, -0.05) is 45.0 Å². The van der Waals surface area contributed by atoms with E-state index in [-0.39, 0.29) is 0 Å². The van der Waals surface area contributed by atoms with Crippen LogP contribution in [0.3, 0.4) is 0 Å². The normalized spacial score (nSPS) is 11.1. The van der Waals surface area contributed by atoms with E-state index >= 15 is 0 Å². The number of benzene rings is 1. The van der Waals surface area contributed by atoms with Crippen molar-refractivity contribution < 1.29 is 0 Å². The van der Waals surface area contributed by atoms with E-state index in [1.807, 2.05) is 0 Å².